The zero-order valence-electron chi connectivity index (χ0n) is 12.2. The van der Waals surface area contributed by atoms with Crippen molar-refractivity contribution in [2.24, 2.45) is 17.3 Å². The number of hydrogen-bond donors (Lipinski definition) is 0. The Morgan fingerprint density at radius 2 is 1.72 bits per heavy atom. The molecule has 0 bridgehead atoms. The van der Waals surface area contributed by atoms with E-state index in [-0.39, 0.29) is 5.78 Å². The van der Waals surface area contributed by atoms with Gasteiger partial charge in [-0.05, 0) is 32.6 Å². The molecule has 0 N–H and O–H groups in total. The average Bonchev–Trinajstić information content (AvgIpc) is 2.58. The number of ether oxygens (including phenoxy) is 1. The molecule has 0 amide bonds. The normalized spacial score (nSPS) is 25.2. The minimum absolute atomic E-state index is 0.0535. The maximum Gasteiger partial charge on any atom is 0.319 e. The standard InChI is InChI=1S/C14H25NO3/c1-6-18-13(17)14(4,5)12(16)9-15-7-10(2)11(3)8-15/h10-11H,6-9H2,1-5H3. The van der Waals surface area contributed by atoms with E-state index in [1.165, 1.54) is 0 Å². The second-order valence-electron chi connectivity index (χ2n) is 5.92. The predicted octanol–water partition coefficient (Wildman–Crippen LogP) is 1.73. The molecule has 0 radical (unpaired) electrons. The molecule has 1 aliphatic rings. The van der Waals surface area contributed by atoms with Crippen molar-refractivity contribution in [2.75, 3.05) is 26.2 Å². The summed E-state index contributed by atoms with van der Waals surface area (Å²) in [4.78, 5) is 26.1. The van der Waals surface area contributed by atoms with Crippen molar-refractivity contribution in [3.8, 4) is 0 Å². The number of rotatable bonds is 5. The van der Waals surface area contributed by atoms with Gasteiger partial charge >= 0.3 is 5.97 Å². The molecule has 1 fully saturated rings. The van der Waals surface area contributed by atoms with Crippen molar-refractivity contribution in [1.82, 2.24) is 4.90 Å². The third kappa shape index (κ3) is 3.31. The summed E-state index contributed by atoms with van der Waals surface area (Å²) in [6.45, 7) is 12.0. The molecule has 1 rings (SSSR count). The van der Waals surface area contributed by atoms with Crippen LogP contribution in [0.2, 0.25) is 0 Å². The molecule has 0 aromatic rings. The molecule has 0 spiro atoms. The molecule has 1 heterocycles. The van der Waals surface area contributed by atoms with Crippen LogP contribution >= 0.6 is 0 Å². The molecule has 1 aliphatic heterocycles. The van der Waals surface area contributed by atoms with Gasteiger partial charge in [0.1, 0.15) is 5.41 Å². The first kappa shape index (κ1) is 15.2. The highest BCUT2D eigenvalue weighted by Gasteiger charge is 2.39. The molecular weight excluding hydrogens is 230 g/mol. The number of nitrogens with zero attached hydrogens (tertiary/aromatic N) is 1. The van der Waals surface area contributed by atoms with E-state index >= 15 is 0 Å². The lowest BCUT2D eigenvalue weighted by molar-refractivity contribution is -0.158. The lowest BCUT2D eigenvalue weighted by atomic mass is 9.88. The number of carbonyl (C=O) groups excluding carboxylic acids is 2. The van der Waals surface area contributed by atoms with E-state index in [2.05, 4.69) is 18.7 Å². The van der Waals surface area contributed by atoms with Crippen LogP contribution in [0.5, 0.6) is 0 Å². The lowest BCUT2D eigenvalue weighted by Crippen LogP contribution is -2.41. The second-order valence-corrected chi connectivity index (χ2v) is 5.92. The Bertz CT molecular complexity index is 315. The fourth-order valence-electron chi connectivity index (χ4n) is 2.20. The Labute approximate surface area is 110 Å². The molecule has 0 saturated carbocycles. The summed E-state index contributed by atoms with van der Waals surface area (Å²) in [5, 5.41) is 0. The summed E-state index contributed by atoms with van der Waals surface area (Å²) in [5.74, 6) is 0.754. The zero-order chi connectivity index (χ0) is 13.9. The minimum Gasteiger partial charge on any atom is -0.465 e. The third-order valence-corrected chi connectivity index (χ3v) is 3.91. The van der Waals surface area contributed by atoms with Crippen LogP contribution < -0.4 is 0 Å². The third-order valence-electron chi connectivity index (χ3n) is 3.91. The maximum atomic E-state index is 12.2. The van der Waals surface area contributed by atoms with Crippen LogP contribution in [0.4, 0.5) is 0 Å². The Morgan fingerprint density at radius 3 is 2.17 bits per heavy atom. The summed E-state index contributed by atoms with van der Waals surface area (Å²) in [6.07, 6.45) is 0. The van der Waals surface area contributed by atoms with Crippen molar-refractivity contribution < 1.29 is 14.3 Å². The van der Waals surface area contributed by atoms with Gasteiger partial charge in [0.2, 0.25) is 0 Å². The van der Waals surface area contributed by atoms with Gasteiger partial charge in [0, 0.05) is 13.1 Å². The van der Waals surface area contributed by atoms with E-state index in [9.17, 15) is 9.59 Å². The molecule has 0 aromatic carbocycles. The number of carbonyl (C=O) groups is 2. The van der Waals surface area contributed by atoms with Gasteiger partial charge in [-0.25, -0.2) is 0 Å². The van der Waals surface area contributed by atoms with Crippen LogP contribution in [0.25, 0.3) is 0 Å². The number of ketones is 1. The van der Waals surface area contributed by atoms with Gasteiger partial charge in [-0.2, -0.15) is 0 Å². The zero-order valence-corrected chi connectivity index (χ0v) is 12.2. The van der Waals surface area contributed by atoms with Crippen molar-refractivity contribution in [3.05, 3.63) is 0 Å². The Hall–Kier alpha value is -0.900. The molecule has 4 nitrogen and oxygen atoms in total. The molecule has 4 heteroatoms. The molecule has 1 saturated heterocycles. The molecule has 18 heavy (non-hydrogen) atoms. The summed E-state index contributed by atoms with van der Waals surface area (Å²) in [5.41, 5.74) is -1.04. The van der Waals surface area contributed by atoms with Gasteiger partial charge in [0.05, 0.1) is 13.2 Å². The van der Waals surface area contributed by atoms with Crippen LogP contribution in [0.3, 0.4) is 0 Å². The van der Waals surface area contributed by atoms with Crippen LogP contribution in [0.15, 0.2) is 0 Å². The van der Waals surface area contributed by atoms with Crippen molar-refractivity contribution in [2.45, 2.75) is 34.6 Å². The summed E-state index contributed by atoms with van der Waals surface area (Å²) < 4.78 is 4.96. The van der Waals surface area contributed by atoms with E-state index < -0.39 is 11.4 Å². The van der Waals surface area contributed by atoms with Gasteiger partial charge in [-0.1, -0.05) is 13.8 Å². The largest absolute Gasteiger partial charge is 0.465 e. The van der Waals surface area contributed by atoms with Gasteiger partial charge in [-0.3, -0.25) is 14.5 Å². The van der Waals surface area contributed by atoms with Crippen molar-refractivity contribution in [3.63, 3.8) is 0 Å². The van der Waals surface area contributed by atoms with E-state index in [0.29, 0.717) is 25.0 Å². The van der Waals surface area contributed by atoms with Crippen molar-refractivity contribution >= 4 is 11.8 Å². The predicted molar refractivity (Wildman–Crippen MR) is 70.2 cm³/mol. The van der Waals surface area contributed by atoms with Gasteiger partial charge in [-0.15, -0.1) is 0 Å². The number of esters is 1. The maximum absolute atomic E-state index is 12.2. The molecule has 0 aromatic heterocycles. The Balaban J connectivity index is 2.57. The number of Topliss-reactive ketones (excluding diaryl/α,β-unsaturated/α-hetero) is 1. The summed E-state index contributed by atoms with van der Waals surface area (Å²) >= 11 is 0. The van der Waals surface area contributed by atoms with Crippen LogP contribution in [0, 0.1) is 17.3 Å². The Kier molecular flexibility index (Phi) is 4.91. The Morgan fingerprint density at radius 1 is 1.22 bits per heavy atom. The fraction of sp³-hybridized carbons (Fsp3) is 0.857. The number of hydrogen-bond acceptors (Lipinski definition) is 4. The van der Waals surface area contributed by atoms with E-state index in [1.807, 2.05) is 0 Å². The monoisotopic (exact) mass is 255 g/mol. The second kappa shape index (κ2) is 5.83. The highest BCUT2D eigenvalue weighted by molar-refractivity contribution is 6.03. The molecule has 2 atom stereocenters. The molecule has 2 unspecified atom stereocenters. The van der Waals surface area contributed by atoms with Gasteiger partial charge in [0.25, 0.3) is 0 Å². The van der Waals surface area contributed by atoms with Gasteiger partial charge in [0.15, 0.2) is 5.78 Å². The van der Waals surface area contributed by atoms with Crippen LogP contribution in [-0.4, -0.2) is 42.9 Å². The SMILES string of the molecule is CCOC(=O)C(C)(C)C(=O)CN1CC(C)C(C)C1. The first-order valence-corrected chi connectivity index (χ1v) is 6.71. The fourth-order valence-corrected chi connectivity index (χ4v) is 2.20. The first-order valence-electron chi connectivity index (χ1n) is 6.71. The van der Waals surface area contributed by atoms with Crippen LogP contribution in [-0.2, 0) is 14.3 Å². The quantitative estimate of drug-likeness (QED) is 0.554. The first-order chi connectivity index (χ1) is 8.28. The van der Waals surface area contributed by atoms with E-state index in [1.54, 1.807) is 20.8 Å². The lowest BCUT2D eigenvalue weighted by Gasteiger charge is -2.24. The highest BCUT2D eigenvalue weighted by atomic mass is 16.5. The molecule has 104 valence electrons. The molecule has 0 aliphatic carbocycles. The molecular formula is C14H25NO3. The number of likely N-dealkylation sites (tertiary alicyclic amines) is 1. The highest BCUT2D eigenvalue weighted by Crippen LogP contribution is 2.25. The minimum atomic E-state index is -1.04. The topological polar surface area (TPSA) is 46.6 Å². The van der Waals surface area contributed by atoms with Gasteiger partial charge < -0.3 is 4.74 Å². The summed E-state index contributed by atoms with van der Waals surface area (Å²) in [6, 6.07) is 0. The smallest absolute Gasteiger partial charge is 0.319 e. The van der Waals surface area contributed by atoms with Crippen molar-refractivity contribution in [1.29, 1.82) is 0 Å². The summed E-state index contributed by atoms with van der Waals surface area (Å²) in [7, 11) is 0. The van der Waals surface area contributed by atoms with E-state index in [0.717, 1.165) is 13.1 Å². The van der Waals surface area contributed by atoms with E-state index in [4.69, 9.17) is 4.74 Å². The van der Waals surface area contributed by atoms with Crippen LogP contribution in [0.1, 0.15) is 34.6 Å². The average molecular weight is 255 g/mol.